The molecular formula is C17H23NO3. The molecule has 1 N–H and O–H groups in total. The van der Waals surface area contributed by atoms with Crippen LogP contribution in [0.5, 0.6) is 0 Å². The van der Waals surface area contributed by atoms with Crippen LogP contribution in [0.25, 0.3) is 0 Å². The molecular weight excluding hydrogens is 266 g/mol. The molecule has 0 bridgehead atoms. The maximum absolute atomic E-state index is 11.7. The Morgan fingerprint density at radius 3 is 2.62 bits per heavy atom. The second-order valence-electron chi connectivity index (χ2n) is 5.82. The van der Waals surface area contributed by atoms with Gasteiger partial charge >= 0.3 is 6.09 Å². The fourth-order valence-corrected chi connectivity index (χ4v) is 2.76. The zero-order valence-corrected chi connectivity index (χ0v) is 12.5. The minimum absolute atomic E-state index is 0.0754. The number of hydrogen-bond donors (Lipinski definition) is 1. The van der Waals surface area contributed by atoms with E-state index in [1.54, 1.807) is 0 Å². The van der Waals surface area contributed by atoms with Crippen LogP contribution < -0.4 is 5.32 Å². The number of carbonyl (C=O) groups is 2. The summed E-state index contributed by atoms with van der Waals surface area (Å²) in [6, 6.07) is 9.70. The number of benzene rings is 1. The zero-order valence-electron chi connectivity index (χ0n) is 12.5. The third-order valence-electron chi connectivity index (χ3n) is 3.93. The van der Waals surface area contributed by atoms with Gasteiger partial charge in [-0.1, -0.05) is 30.3 Å². The van der Waals surface area contributed by atoms with Crippen LogP contribution in [0.15, 0.2) is 30.3 Å². The monoisotopic (exact) mass is 289 g/mol. The maximum Gasteiger partial charge on any atom is 0.407 e. The molecule has 0 saturated heterocycles. The van der Waals surface area contributed by atoms with Gasteiger partial charge in [0.05, 0.1) is 0 Å². The number of alkyl carbamates (subject to hydrolysis) is 1. The van der Waals surface area contributed by atoms with Crippen molar-refractivity contribution in [3.05, 3.63) is 35.9 Å². The molecule has 1 atom stereocenters. The maximum atomic E-state index is 11.7. The Morgan fingerprint density at radius 1 is 1.29 bits per heavy atom. The number of hydrogen-bond acceptors (Lipinski definition) is 3. The first-order chi connectivity index (χ1) is 10.1. The summed E-state index contributed by atoms with van der Waals surface area (Å²) in [4.78, 5) is 22.9. The molecule has 1 aliphatic carbocycles. The molecule has 1 aromatic rings. The fourth-order valence-electron chi connectivity index (χ4n) is 2.76. The van der Waals surface area contributed by atoms with Crippen molar-refractivity contribution >= 4 is 11.9 Å². The van der Waals surface area contributed by atoms with Gasteiger partial charge in [-0.15, -0.1) is 0 Å². The molecule has 0 heterocycles. The van der Waals surface area contributed by atoms with Crippen LogP contribution in [0.1, 0.15) is 44.6 Å². The summed E-state index contributed by atoms with van der Waals surface area (Å²) in [5, 5.41) is 2.86. The van der Waals surface area contributed by atoms with Gasteiger partial charge in [0.15, 0.2) is 0 Å². The highest BCUT2D eigenvalue weighted by atomic mass is 16.5. The van der Waals surface area contributed by atoms with E-state index in [0.29, 0.717) is 24.5 Å². The van der Waals surface area contributed by atoms with Gasteiger partial charge in [-0.25, -0.2) is 4.79 Å². The van der Waals surface area contributed by atoms with Crippen molar-refractivity contribution < 1.29 is 14.3 Å². The standard InChI is InChI=1S/C17H23NO3/c1-13(11-14-7-9-16(19)10-8-14)18-17(20)21-12-15-5-3-2-4-6-15/h2-6,13-14H,7-12H2,1H3,(H,18,20)/t13-/m0/s1. The molecule has 114 valence electrons. The zero-order chi connectivity index (χ0) is 15.1. The molecule has 0 unspecified atom stereocenters. The SMILES string of the molecule is C[C@@H](CC1CCC(=O)CC1)NC(=O)OCc1ccccc1. The van der Waals surface area contributed by atoms with Crippen molar-refractivity contribution in [1.29, 1.82) is 0 Å². The Labute approximate surface area is 125 Å². The molecule has 21 heavy (non-hydrogen) atoms. The molecule has 1 saturated carbocycles. The van der Waals surface area contributed by atoms with Crippen molar-refractivity contribution in [2.75, 3.05) is 0 Å². The molecule has 1 fully saturated rings. The van der Waals surface area contributed by atoms with Crippen molar-refractivity contribution in [2.24, 2.45) is 5.92 Å². The smallest absolute Gasteiger partial charge is 0.407 e. The van der Waals surface area contributed by atoms with Crippen LogP contribution in [0.4, 0.5) is 4.79 Å². The number of ether oxygens (including phenoxy) is 1. The number of ketones is 1. The van der Waals surface area contributed by atoms with Crippen molar-refractivity contribution in [3.63, 3.8) is 0 Å². The highest BCUT2D eigenvalue weighted by Gasteiger charge is 2.21. The lowest BCUT2D eigenvalue weighted by atomic mass is 9.84. The van der Waals surface area contributed by atoms with E-state index >= 15 is 0 Å². The molecule has 1 aromatic carbocycles. The second-order valence-corrected chi connectivity index (χ2v) is 5.82. The van der Waals surface area contributed by atoms with Crippen LogP contribution in [0.3, 0.4) is 0 Å². The quantitative estimate of drug-likeness (QED) is 0.903. The Hall–Kier alpha value is -1.84. The highest BCUT2D eigenvalue weighted by Crippen LogP contribution is 2.25. The number of rotatable bonds is 5. The van der Waals surface area contributed by atoms with E-state index in [-0.39, 0.29) is 18.7 Å². The van der Waals surface area contributed by atoms with Gasteiger partial charge < -0.3 is 10.1 Å². The number of carbonyl (C=O) groups excluding carboxylic acids is 2. The first kappa shape index (κ1) is 15.5. The van der Waals surface area contributed by atoms with Crippen molar-refractivity contribution in [2.45, 2.75) is 51.7 Å². The third-order valence-corrected chi connectivity index (χ3v) is 3.93. The molecule has 4 nitrogen and oxygen atoms in total. The fraction of sp³-hybridized carbons (Fsp3) is 0.529. The average molecular weight is 289 g/mol. The van der Waals surface area contributed by atoms with E-state index in [2.05, 4.69) is 5.32 Å². The predicted molar refractivity (Wildman–Crippen MR) is 80.8 cm³/mol. The van der Waals surface area contributed by atoms with Crippen molar-refractivity contribution in [1.82, 2.24) is 5.32 Å². The number of Topliss-reactive ketones (excluding diaryl/α,β-unsaturated/α-hetero) is 1. The molecule has 4 heteroatoms. The minimum Gasteiger partial charge on any atom is -0.445 e. The lowest BCUT2D eigenvalue weighted by molar-refractivity contribution is -0.121. The molecule has 0 radical (unpaired) electrons. The predicted octanol–water partition coefficient (Wildman–Crippen LogP) is 3.45. The van der Waals surface area contributed by atoms with Gasteiger partial charge in [0.2, 0.25) is 0 Å². The Bertz CT molecular complexity index is 462. The minimum atomic E-state index is -0.377. The Morgan fingerprint density at radius 2 is 1.95 bits per heavy atom. The summed E-state index contributed by atoms with van der Waals surface area (Å²) in [6.07, 6.45) is 3.81. The van der Waals surface area contributed by atoms with Gasteiger partial charge in [-0.05, 0) is 37.7 Å². The summed E-state index contributed by atoms with van der Waals surface area (Å²) < 4.78 is 5.20. The average Bonchev–Trinajstić information content (AvgIpc) is 2.48. The summed E-state index contributed by atoms with van der Waals surface area (Å²) in [6.45, 7) is 2.28. The first-order valence-electron chi connectivity index (χ1n) is 7.62. The van der Waals surface area contributed by atoms with E-state index in [1.165, 1.54) is 0 Å². The Kier molecular flexibility index (Phi) is 5.78. The summed E-state index contributed by atoms with van der Waals surface area (Å²) in [5.74, 6) is 0.904. The molecule has 1 aliphatic rings. The molecule has 1 amide bonds. The summed E-state index contributed by atoms with van der Waals surface area (Å²) in [5.41, 5.74) is 0.978. The molecule has 0 aromatic heterocycles. The van der Waals surface area contributed by atoms with E-state index in [0.717, 1.165) is 24.8 Å². The second kappa shape index (κ2) is 7.81. The van der Waals surface area contributed by atoms with Gasteiger partial charge in [-0.3, -0.25) is 4.79 Å². The molecule has 2 rings (SSSR count). The summed E-state index contributed by atoms with van der Waals surface area (Å²) in [7, 11) is 0. The normalized spacial score (nSPS) is 17.3. The van der Waals surface area contributed by atoms with Gasteiger partial charge in [0, 0.05) is 18.9 Å². The van der Waals surface area contributed by atoms with E-state index in [9.17, 15) is 9.59 Å². The van der Waals surface area contributed by atoms with Crippen molar-refractivity contribution in [3.8, 4) is 0 Å². The number of amides is 1. The van der Waals surface area contributed by atoms with Crippen LogP contribution >= 0.6 is 0 Å². The van der Waals surface area contributed by atoms with Gasteiger partial charge in [-0.2, -0.15) is 0 Å². The largest absolute Gasteiger partial charge is 0.445 e. The van der Waals surface area contributed by atoms with Crippen LogP contribution in [0, 0.1) is 5.92 Å². The Balaban J connectivity index is 1.66. The number of nitrogens with one attached hydrogen (secondary N) is 1. The van der Waals surface area contributed by atoms with E-state index < -0.39 is 0 Å². The molecule has 0 spiro atoms. The van der Waals surface area contributed by atoms with E-state index in [1.807, 2.05) is 37.3 Å². The van der Waals surface area contributed by atoms with Gasteiger partial charge in [0.25, 0.3) is 0 Å². The van der Waals surface area contributed by atoms with Crippen LogP contribution in [0.2, 0.25) is 0 Å². The topological polar surface area (TPSA) is 55.4 Å². The van der Waals surface area contributed by atoms with Gasteiger partial charge in [0.1, 0.15) is 12.4 Å². The third kappa shape index (κ3) is 5.58. The van der Waals surface area contributed by atoms with Crippen LogP contribution in [-0.2, 0) is 16.1 Å². The van der Waals surface area contributed by atoms with Crippen LogP contribution in [-0.4, -0.2) is 17.9 Å². The lowest BCUT2D eigenvalue weighted by Crippen LogP contribution is -2.35. The highest BCUT2D eigenvalue weighted by molar-refractivity contribution is 5.79. The first-order valence-corrected chi connectivity index (χ1v) is 7.62. The summed E-state index contributed by atoms with van der Waals surface area (Å²) >= 11 is 0. The van der Waals surface area contributed by atoms with E-state index in [4.69, 9.17) is 4.74 Å². The lowest BCUT2D eigenvalue weighted by Gasteiger charge is -2.24. The molecule has 0 aliphatic heterocycles.